The molecule has 1 heterocycles. The molecule has 0 unspecified atom stereocenters. The predicted molar refractivity (Wildman–Crippen MR) is 121 cm³/mol. The van der Waals surface area contributed by atoms with Crippen LogP contribution in [0, 0.1) is 0 Å². The minimum absolute atomic E-state index is 0. The summed E-state index contributed by atoms with van der Waals surface area (Å²) in [5.41, 5.74) is 0.923. The Kier molecular flexibility index (Phi) is 11.0. The highest BCUT2D eigenvalue weighted by molar-refractivity contribution is 14.0. The third kappa shape index (κ3) is 8.52. The van der Waals surface area contributed by atoms with Gasteiger partial charge >= 0.3 is 0 Å². The molecule has 0 radical (unpaired) electrons. The molecule has 2 aromatic rings. The van der Waals surface area contributed by atoms with Crippen LogP contribution in [0.1, 0.15) is 18.3 Å². The number of hydrogen-bond acceptors (Lipinski definition) is 5. The van der Waals surface area contributed by atoms with Crippen molar-refractivity contribution in [2.75, 3.05) is 25.9 Å². The molecule has 1 aromatic carbocycles. The van der Waals surface area contributed by atoms with Gasteiger partial charge in [0.2, 0.25) is 10.0 Å². The second kappa shape index (κ2) is 12.7. The van der Waals surface area contributed by atoms with Gasteiger partial charge in [0.25, 0.3) is 0 Å². The van der Waals surface area contributed by atoms with Crippen LogP contribution in [0.2, 0.25) is 0 Å². The van der Waals surface area contributed by atoms with Gasteiger partial charge in [-0.1, -0.05) is 37.3 Å². The Morgan fingerprint density at radius 3 is 2.57 bits per heavy atom. The number of rotatable bonds is 10. The highest BCUT2D eigenvalue weighted by atomic mass is 127. The van der Waals surface area contributed by atoms with Crippen molar-refractivity contribution in [3.63, 3.8) is 0 Å². The minimum atomic E-state index is -3.36. The number of aryl methyl sites for hydroxylation is 1. The zero-order valence-corrected chi connectivity index (χ0v) is 19.3. The Hall–Kier alpha value is -1.73. The smallest absolute Gasteiger partial charge is 0.213 e. The van der Waals surface area contributed by atoms with Crippen molar-refractivity contribution in [3.05, 3.63) is 48.0 Å². The van der Waals surface area contributed by atoms with E-state index in [1.165, 1.54) is 0 Å². The van der Waals surface area contributed by atoms with Crippen LogP contribution < -0.4 is 15.4 Å². The molecule has 0 amide bonds. The first-order valence-electron chi connectivity index (χ1n) is 8.86. The first-order valence-corrected chi connectivity index (χ1v) is 10.5. The largest absolute Gasteiger partial charge is 0.355 e. The Bertz CT molecular complexity index is 825. The fourth-order valence-electron chi connectivity index (χ4n) is 2.42. The lowest BCUT2D eigenvalue weighted by Crippen LogP contribution is -2.42. The van der Waals surface area contributed by atoms with Gasteiger partial charge in [-0.25, -0.2) is 13.1 Å². The summed E-state index contributed by atoms with van der Waals surface area (Å²) >= 11 is 0. The van der Waals surface area contributed by atoms with Crippen LogP contribution in [0.3, 0.4) is 0 Å². The lowest BCUT2D eigenvalue weighted by Gasteiger charge is -2.13. The fraction of sp³-hybridized carbons (Fsp3) is 0.471. The first kappa shape index (κ1) is 24.3. The summed E-state index contributed by atoms with van der Waals surface area (Å²) in [6.45, 7) is 3.91. The number of benzene rings is 1. The average molecular weight is 521 g/mol. The van der Waals surface area contributed by atoms with Crippen molar-refractivity contribution >= 4 is 40.0 Å². The van der Waals surface area contributed by atoms with Crippen molar-refractivity contribution in [2.24, 2.45) is 4.99 Å². The number of aliphatic imine (C=N–C) groups is 1. The number of aromatic nitrogens is 3. The second-order valence-corrected chi connectivity index (χ2v) is 7.77. The van der Waals surface area contributed by atoms with Gasteiger partial charge in [0.1, 0.15) is 12.2 Å². The van der Waals surface area contributed by atoms with Crippen molar-refractivity contribution in [1.82, 2.24) is 30.1 Å². The van der Waals surface area contributed by atoms with Gasteiger partial charge in [-0.2, -0.15) is 0 Å². The van der Waals surface area contributed by atoms with E-state index < -0.39 is 10.0 Å². The summed E-state index contributed by atoms with van der Waals surface area (Å²) in [6.07, 6.45) is 2.52. The van der Waals surface area contributed by atoms with Crippen LogP contribution in [0.25, 0.3) is 0 Å². The molecule has 9 nitrogen and oxygen atoms in total. The van der Waals surface area contributed by atoms with Crippen LogP contribution in [0.15, 0.2) is 41.7 Å². The second-order valence-electron chi connectivity index (χ2n) is 5.85. The summed E-state index contributed by atoms with van der Waals surface area (Å²) in [6, 6.07) is 9.42. The summed E-state index contributed by atoms with van der Waals surface area (Å²) in [5.74, 6) is 1.45. The number of sulfonamides is 1. The molecule has 0 saturated heterocycles. The molecule has 11 heteroatoms. The SMILES string of the molecule is CCc1nncn1CCNC(=NC)NCCS(=O)(=O)NCc1ccccc1.I. The molecule has 3 N–H and O–H groups in total. The fourth-order valence-corrected chi connectivity index (χ4v) is 3.32. The third-order valence-corrected chi connectivity index (χ3v) is 5.21. The highest BCUT2D eigenvalue weighted by Gasteiger charge is 2.10. The summed E-state index contributed by atoms with van der Waals surface area (Å²) in [7, 11) is -1.72. The molecule has 0 spiro atoms. The van der Waals surface area contributed by atoms with Crippen LogP contribution in [-0.4, -0.2) is 55.0 Å². The predicted octanol–water partition coefficient (Wildman–Crippen LogP) is 0.743. The summed E-state index contributed by atoms with van der Waals surface area (Å²) in [5, 5.41) is 14.1. The van der Waals surface area contributed by atoms with Crippen molar-refractivity contribution < 1.29 is 8.42 Å². The third-order valence-electron chi connectivity index (χ3n) is 3.88. The van der Waals surface area contributed by atoms with Crippen molar-refractivity contribution in [2.45, 2.75) is 26.4 Å². The molecule has 28 heavy (non-hydrogen) atoms. The van der Waals surface area contributed by atoms with Crippen LogP contribution in [0.4, 0.5) is 0 Å². The normalized spacial score (nSPS) is 11.7. The minimum Gasteiger partial charge on any atom is -0.355 e. The standard InChI is InChI=1S/C17H27N7O2S.HI/c1-3-16-23-21-14-24(16)11-9-19-17(18-2)20-10-12-27(25,26)22-13-15-7-5-4-6-8-15;/h4-8,14,22H,3,9-13H2,1-2H3,(H2,18,19,20);1H. The van der Waals surface area contributed by atoms with E-state index in [-0.39, 0.29) is 42.8 Å². The molecule has 0 aliphatic rings. The van der Waals surface area contributed by atoms with Gasteiger partial charge in [0.05, 0.1) is 5.75 Å². The Labute approximate surface area is 183 Å². The molecule has 0 saturated carbocycles. The van der Waals surface area contributed by atoms with E-state index in [0.29, 0.717) is 19.0 Å². The van der Waals surface area contributed by atoms with E-state index in [2.05, 4.69) is 30.5 Å². The monoisotopic (exact) mass is 521 g/mol. The van der Waals surface area contributed by atoms with E-state index >= 15 is 0 Å². The summed E-state index contributed by atoms with van der Waals surface area (Å²) < 4.78 is 28.7. The van der Waals surface area contributed by atoms with Gasteiger partial charge < -0.3 is 15.2 Å². The van der Waals surface area contributed by atoms with Gasteiger partial charge in [0, 0.05) is 39.6 Å². The lowest BCUT2D eigenvalue weighted by atomic mass is 10.2. The molecular formula is C17H28IN7O2S. The van der Waals surface area contributed by atoms with E-state index in [4.69, 9.17) is 0 Å². The zero-order valence-electron chi connectivity index (χ0n) is 16.1. The number of nitrogens with one attached hydrogen (secondary N) is 3. The van der Waals surface area contributed by atoms with Gasteiger partial charge in [-0.15, -0.1) is 34.2 Å². The first-order chi connectivity index (χ1) is 13.0. The van der Waals surface area contributed by atoms with Crippen LogP contribution in [-0.2, 0) is 29.5 Å². The molecule has 0 atom stereocenters. The van der Waals surface area contributed by atoms with Gasteiger partial charge in [-0.3, -0.25) is 4.99 Å². The van der Waals surface area contributed by atoms with E-state index in [9.17, 15) is 8.42 Å². The number of nitrogens with zero attached hydrogens (tertiary/aromatic N) is 4. The molecule has 0 fully saturated rings. The van der Waals surface area contributed by atoms with E-state index in [1.807, 2.05) is 41.8 Å². The number of hydrogen-bond donors (Lipinski definition) is 3. The number of guanidine groups is 1. The maximum Gasteiger partial charge on any atom is 0.213 e. The maximum absolute atomic E-state index is 12.1. The highest BCUT2D eigenvalue weighted by Crippen LogP contribution is 1.98. The van der Waals surface area contributed by atoms with E-state index in [1.54, 1.807) is 13.4 Å². The van der Waals surface area contributed by atoms with Gasteiger partial charge in [-0.05, 0) is 5.56 Å². The van der Waals surface area contributed by atoms with Crippen molar-refractivity contribution in [1.29, 1.82) is 0 Å². The van der Waals surface area contributed by atoms with Crippen LogP contribution in [0.5, 0.6) is 0 Å². The average Bonchev–Trinajstić information content (AvgIpc) is 3.13. The maximum atomic E-state index is 12.1. The topological polar surface area (TPSA) is 113 Å². The summed E-state index contributed by atoms with van der Waals surface area (Å²) in [4.78, 5) is 4.10. The molecule has 0 aliphatic carbocycles. The van der Waals surface area contributed by atoms with Crippen LogP contribution >= 0.6 is 24.0 Å². The molecule has 1 aromatic heterocycles. The molecular weight excluding hydrogens is 493 g/mol. The Morgan fingerprint density at radius 2 is 1.89 bits per heavy atom. The quantitative estimate of drug-likeness (QED) is 0.242. The molecule has 0 bridgehead atoms. The molecule has 2 rings (SSSR count). The number of halogens is 1. The van der Waals surface area contributed by atoms with Gasteiger partial charge in [0.15, 0.2) is 5.96 Å². The molecule has 0 aliphatic heterocycles. The Morgan fingerprint density at radius 1 is 1.18 bits per heavy atom. The zero-order chi connectivity index (χ0) is 19.5. The molecule has 156 valence electrons. The van der Waals surface area contributed by atoms with E-state index in [0.717, 1.165) is 17.8 Å². The van der Waals surface area contributed by atoms with Crippen molar-refractivity contribution in [3.8, 4) is 0 Å². The lowest BCUT2D eigenvalue weighted by molar-refractivity contribution is 0.579. The Balaban J connectivity index is 0.00000392.